The largest absolute Gasteiger partial charge is 0.324 e. The molecule has 108 valence electrons. The van der Waals surface area contributed by atoms with E-state index >= 15 is 0 Å². The fraction of sp³-hybridized carbons (Fsp3) is 0.0588. The van der Waals surface area contributed by atoms with Crippen molar-refractivity contribution < 1.29 is 0 Å². The van der Waals surface area contributed by atoms with Crippen molar-refractivity contribution in [3.05, 3.63) is 83.2 Å². The Bertz CT molecular complexity index is 821. The zero-order valence-corrected chi connectivity index (χ0v) is 12.4. The topological polar surface area (TPSA) is 42.7 Å². The number of hydrogen-bond donors (Lipinski definition) is 1. The van der Waals surface area contributed by atoms with Crippen LogP contribution in [-0.2, 0) is 0 Å². The van der Waals surface area contributed by atoms with Crippen molar-refractivity contribution in [2.45, 2.75) is 6.04 Å². The van der Waals surface area contributed by atoms with Crippen molar-refractivity contribution in [1.82, 2.24) is 14.8 Å². The molecule has 4 nitrogen and oxygen atoms in total. The first-order valence-electron chi connectivity index (χ1n) is 7.00. The third-order valence-corrected chi connectivity index (χ3v) is 3.96. The molecule has 0 fully saturated rings. The summed E-state index contributed by atoms with van der Waals surface area (Å²) in [5, 5.41) is 8.38. The van der Waals surface area contributed by atoms with Crippen LogP contribution < -0.4 is 5.32 Å². The highest BCUT2D eigenvalue weighted by Crippen LogP contribution is 2.31. The van der Waals surface area contributed by atoms with E-state index < -0.39 is 0 Å². The van der Waals surface area contributed by atoms with Crippen molar-refractivity contribution in [2.75, 3.05) is 5.32 Å². The molecular formula is C17H13ClN4. The third kappa shape index (κ3) is 2.27. The molecule has 4 rings (SSSR count). The lowest BCUT2D eigenvalue weighted by Crippen LogP contribution is -2.20. The summed E-state index contributed by atoms with van der Waals surface area (Å²) in [5.74, 6) is 0.737. The number of allylic oxidation sites excluding steroid dienone is 1. The van der Waals surface area contributed by atoms with Crippen LogP contribution in [0.5, 0.6) is 0 Å². The van der Waals surface area contributed by atoms with Crippen LogP contribution in [0.2, 0.25) is 5.02 Å². The average Bonchev–Trinajstić information content (AvgIpc) is 3.04. The summed E-state index contributed by atoms with van der Waals surface area (Å²) in [4.78, 5) is 4.30. The minimum absolute atomic E-state index is 0.0191. The van der Waals surface area contributed by atoms with E-state index in [0.29, 0.717) is 0 Å². The zero-order valence-electron chi connectivity index (χ0n) is 11.6. The molecule has 0 saturated heterocycles. The van der Waals surface area contributed by atoms with Gasteiger partial charge in [0.05, 0.1) is 0 Å². The van der Waals surface area contributed by atoms with Crippen molar-refractivity contribution in [3.63, 3.8) is 0 Å². The number of fused-ring (bicyclic) bond motifs is 1. The number of rotatable bonds is 2. The molecule has 1 unspecified atom stereocenters. The second-order valence-electron chi connectivity index (χ2n) is 5.10. The maximum Gasteiger partial charge on any atom is 0.226 e. The van der Waals surface area contributed by atoms with E-state index in [4.69, 9.17) is 11.6 Å². The highest BCUT2D eigenvalue weighted by molar-refractivity contribution is 6.30. The number of halogens is 1. The van der Waals surface area contributed by atoms with Gasteiger partial charge in [-0.15, -0.1) is 0 Å². The molecule has 1 aliphatic heterocycles. The summed E-state index contributed by atoms with van der Waals surface area (Å²) in [6.07, 6.45) is 3.72. The Labute approximate surface area is 133 Å². The van der Waals surface area contributed by atoms with Gasteiger partial charge < -0.3 is 5.32 Å². The fourth-order valence-electron chi connectivity index (χ4n) is 2.62. The van der Waals surface area contributed by atoms with Gasteiger partial charge in [-0.3, -0.25) is 0 Å². The number of nitrogens with zero attached hydrogens (tertiary/aromatic N) is 3. The van der Waals surface area contributed by atoms with E-state index in [1.807, 2.05) is 47.1 Å². The molecule has 5 heteroatoms. The number of anilines is 1. The fourth-order valence-corrected chi connectivity index (χ4v) is 2.75. The zero-order chi connectivity index (χ0) is 14.9. The summed E-state index contributed by atoms with van der Waals surface area (Å²) in [6, 6.07) is 18.0. The highest BCUT2D eigenvalue weighted by Gasteiger charge is 2.23. The highest BCUT2D eigenvalue weighted by atomic mass is 35.5. The Morgan fingerprint density at radius 1 is 1.00 bits per heavy atom. The van der Waals surface area contributed by atoms with Crippen LogP contribution in [0.4, 0.5) is 5.95 Å². The average molecular weight is 309 g/mol. The summed E-state index contributed by atoms with van der Waals surface area (Å²) in [5.41, 5.74) is 3.24. The standard InChI is InChI=1S/C17H13ClN4/c18-14-8-6-12(7-9-14)15-10-16(13-4-2-1-3-5-13)22-17(21-15)19-11-20-22/h1-11,16H,(H,19,20,21). The van der Waals surface area contributed by atoms with E-state index in [-0.39, 0.29) is 6.04 Å². The Hall–Kier alpha value is -2.59. The van der Waals surface area contributed by atoms with Gasteiger partial charge in [-0.2, -0.15) is 10.1 Å². The Morgan fingerprint density at radius 2 is 1.77 bits per heavy atom. The van der Waals surface area contributed by atoms with Gasteiger partial charge in [-0.25, -0.2) is 4.68 Å². The Kier molecular flexibility index (Phi) is 3.16. The predicted molar refractivity (Wildman–Crippen MR) is 87.7 cm³/mol. The van der Waals surface area contributed by atoms with Gasteiger partial charge in [0.2, 0.25) is 5.95 Å². The normalized spacial score (nSPS) is 16.6. The molecule has 22 heavy (non-hydrogen) atoms. The SMILES string of the molecule is Clc1ccc(C2=CC(c3ccccc3)n3ncnc3N2)cc1. The van der Waals surface area contributed by atoms with Gasteiger partial charge in [-0.1, -0.05) is 54.1 Å². The number of hydrogen-bond acceptors (Lipinski definition) is 3. The minimum Gasteiger partial charge on any atom is -0.324 e. The van der Waals surface area contributed by atoms with Crippen LogP contribution in [0.3, 0.4) is 0 Å². The van der Waals surface area contributed by atoms with Crippen LogP contribution in [0.15, 0.2) is 67.0 Å². The van der Waals surface area contributed by atoms with Crippen LogP contribution in [-0.4, -0.2) is 14.8 Å². The molecule has 1 atom stereocenters. The first-order chi connectivity index (χ1) is 10.8. The van der Waals surface area contributed by atoms with Gasteiger partial charge in [0.1, 0.15) is 12.4 Å². The molecule has 0 saturated carbocycles. The van der Waals surface area contributed by atoms with Gasteiger partial charge in [-0.05, 0) is 29.3 Å². The smallest absolute Gasteiger partial charge is 0.226 e. The number of benzene rings is 2. The van der Waals surface area contributed by atoms with Crippen molar-refractivity contribution in [1.29, 1.82) is 0 Å². The van der Waals surface area contributed by atoms with Crippen LogP contribution in [0, 0.1) is 0 Å². The van der Waals surface area contributed by atoms with E-state index in [1.54, 1.807) is 6.33 Å². The van der Waals surface area contributed by atoms with Crippen molar-refractivity contribution in [3.8, 4) is 0 Å². The monoisotopic (exact) mass is 308 g/mol. The van der Waals surface area contributed by atoms with Gasteiger partial charge in [0, 0.05) is 10.7 Å². The molecule has 0 radical (unpaired) electrons. The Morgan fingerprint density at radius 3 is 2.55 bits per heavy atom. The lowest BCUT2D eigenvalue weighted by molar-refractivity contribution is 0.612. The maximum absolute atomic E-state index is 5.97. The van der Waals surface area contributed by atoms with Crippen LogP contribution >= 0.6 is 11.6 Å². The molecule has 2 aromatic carbocycles. The van der Waals surface area contributed by atoms with Crippen LogP contribution in [0.25, 0.3) is 5.70 Å². The van der Waals surface area contributed by atoms with E-state index in [1.165, 1.54) is 5.56 Å². The molecule has 1 aromatic heterocycles. The quantitative estimate of drug-likeness (QED) is 0.778. The van der Waals surface area contributed by atoms with E-state index in [9.17, 15) is 0 Å². The lowest BCUT2D eigenvalue weighted by Gasteiger charge is -2.24. The summed E-state index contributed by atoms with van der Waals surface area (Å²) in [6.45, 7) is 0. The summed E-state index contributed by atoms with van der Waals surface area (Å²) < 4.78 is 1.88. The van der Waals surface area contributed by atoms with E-state index in [2.05, 4.69) is 33.6 Å². The molecule has 1 N–H and O–H groups in total. The van der Waals surface area contributed by atoms with Gasteiger partial charge in [0.25, 0.3) is 0 Å². The molecule has 1 aliphatic rings. The first-order valence-corrected chi connectivity index (χ1v) is 7.38. The molecule has 0 bridgehead atoms. The lowest BCUT2D eigenvalue weighted by atomic mass is 10.0. The predicted octanol–water partition coefficient (Wildman–Crippen LogP) is 3.99. The minimum atomic E-state index is 0.0191. The second kappa shape index (κ2) is 5.31. The second-order valence-corrected chi connectivity index (χ2v) is 5.53. The number of nitrogens with one attached hydrogen (secondary N) is 1. The molecule has 2 heterocycles. The molecule has 0 spiro atoms. The van der Waals surface area contributed by atoms with E-state index in [0.717, 1.165) is 22.2 Å². The summed E-state index contributed by atoms with van der Waals surface area (Å²) >= 11 is 5.97. The van der Waals surface area contributed by atoms with Crippen molar-refractivity contribution >= 4 is 23.2 Å². The molecule has 0 aliphatic carbocycles. The third-order valence-electron chi connectivity index (χ3n) is 3.70. The number of aromatic nitrogens is 3. The van der Waals surface area contributed by atoms with Gasteiger partial charge in [0.15, 0.2) is 0 Å². The Balaban J connectivity index is 1.81. The summed E-state index contributed by atoms with van der Waals surface area (Å²) in [7, 11) is 0. The van der Waals surface area contributed by atoms with Crippen molar-refractivity contribution in [2.24, 2.45) is 0 Å². The maximum atomic E-state index is 5.97. The first kappa shape index (κ1) is 13.1. The molecular weight excluding hydrogens is 296 g/mol. The molecule has 0 amide bonds. The molecule has 3 aromatic rings. The van der Waals surface area contributed by atoms with Gasteiger partial charge >= 0.3 is 0 Å². The van der Waals surface area contributed by atoms with Crippen LogP contribution in [0.1, 0.15) is 17.2 Å².